The van der Waals surface area contributed by atoms with Crippen LogP contribution < -0.4 is 15.5 Å². The third-order valence-electron chi connectivity index (χ3n) is 3.62. The molecule has 0 saturated heterocycles. The van der Waals surface area contributed by atoms with Gasteiger partial charge in [-0.15, -0.1) is 0 Å². The van der Waals surface area contributed by atoms with Gasteiger partial charge in [-0.2, -0.15) is 0 Å². The van der Waals surface area contributed by atoms with Gasteiger partial charge in [-0.1, -0.05) is 41.9 Å². The molecule has 0 aromatic heterocycles. The molecule has 0 aliphatic carbocycles. The Kier molecular flexibility index (Phi) is 6.39. The van der Waals surface area contributed by atoms with Gasteiger partial charge in [-0.25, -0.2) is 0 Å². The fourth-order valence-corrected chi connectivity index (χ4v) is 2.72. The van der Waals surface area contributed by atoms with Crippen molar-refractivity contribution in [3.8, 4) is 0 Å². The van der Waals surface area contributed by atoms with Gasteiger partial charge in [0.15, 0.2) is 5.11 Å². The minimum Gasteiger partial charge on any atom is -0.358 e. The number of hydrogen-bond donors (Lipinski definition) is 3. The summed E-state index contributed by atoms with van der Waals surface area (Å²) >= 11 is 11.5. The number of rotatable bonds is 5. The van der Waals surface area contributed by atoms with E-state index < -0.39 is 0 Å². The lowest BCUT2D eigenvalue weighted by atomic mass is 10.1. The third-order valence-corrected chi connectivity index (χ3v) is 4.27. The molecule has 0 saturated carbocycles. The number of hydrogen-bond acceptors (Lipinski definition) is 1. The van der Waals surface area contributed by atoms with Crippen LogP contribution in [-0.2, 0) is 13.1 Å². The monoisotopic (exact) mass is 348 g/mol. The van der Waals surface area contributed by atoms with E-state index in [1.54, 1.807) is 0 Å². The van der Waals surface area contributed by atoms with Crippen LogP contribution >= 0.6 is 23.8 Å². The average Bonchev–Trinajstić information content (AvgIpc) is 2.50. The predicted octanol–water partition coefficient (Wildman–Crippen LogP) is 2.78. The molecule has 122 valence electrons. The van der Waals surface area contributed by atoms with Gasteiger partial charge in [0.25, 0.3) is 0 Å². The van der Waals surface area contributed by atoms with Crippen molar-refractivity contribution >= 4 is 34.6 Å². The number of thiocarbonyl (C=S) groups is 1. The number of anilines is 1. The Balaban J connectivity index is 1.98. The molecule has 0 aliphatic rings. The first kappa shape index (κ1) is 17.7. The molecule has 2 aromatic rings. The molecule has 0 aliphatic heterocycles. The molecule has 0 amide bonds. The van der Waals surface area contributed by atoms with Gasteiger partial charge in [0, 0.05) is 22.8 Å². The highest BCUT2D eigenvalue weighted by Gasteiger charge is 2.07. The van der Waals surface area contributed by atoms with E-state index in [2.05, 4.69) is 49.0 Å². The highest BCUT2D eigenvalue weighted by Crippen LogP contribution is 2.22. The zero-order chi connectivity index (χ0) is 16.8. The Morgan fingerprint density at radius 3 is 2.48 bits per heavy atom. The Hall–Kier alpha value is -1.62. The topological polar surface area (TPSA) is 28.5 Å². The van der Waals surface area contributed by atoms with Crippen LogP contribution in [0.2, 0.25) is 5.02 Å². The quantitative estimate of drug-likeness (QED) is 0.726. The normalized spacial score (nSPS) is 10.7. The smallest absolute Gasteiger partial charge is 0.171 e. The van der Waals surface area contributed by atoms with E-state index >= 15 is 0 Å². The highest BCUT2D eigenvalue weighted by molar-refractivity contribution is 7.80. The van der Waals surface area contributed by atoms with Crippen LogP contribution in [0.3, 0.4) is 0 Å². The first-order chi connectivity index (χ1) is 11.0. The summed E-state index contributed by atoms with van der Waals surface area (Å²) < 4.78 is 0. The predicted molar refractivity (Wildman–Crippen MR) is 102 cm³/mol. The maximum atomic E-state index is 6.13. The Bertz CT molecular complexity index is 686. The third kappa shape index (κ3) is 5.20. The van der Waals surface area contributed by atoms with Gasteiger partial charge >= 0.3 is 0 Å². The fourth-order valence-electron chi connectivity index (χ4n) is 2.37. The summed E-state index contributed by atoms with van der Waals surface area (Å²) in [5.41, 5.74) is 4.53. The average molecular weight is 349 g/mol. The van der Waals surface area contributed by atoms with Crippen LogP contribution in [0.25, 0.3) is 0 Å². The van der Waals surface area contributed by atoms with E-state index in [1.165, 1.54) is 16.0 Å². The molecular weight excluding hydrogens is 326 g/mol. The summed E-state index contributed by atoms with van der Waals surface area (Å²) in [6.07, 6.45) is 0. The molecule has 0 unspecified atom stereocenters. The summed E-state index contributed by atoms with van der Waals surface area (Å²) in [7, 11) is 4.30. The zero-order valence-corrected chi connectivity index (χ0v) is 15.3. The summed E-state index contributed by atoms with van der Waals surface area (Å²) in [6.45, 7) is 3.67. The molecule has 2 aromatic carbocycles. The van der Waals surface area contributed by atoms with Crippen molar-refractivity contribution in [2.45, 2.75) is 20.0 Å². The van der Waals surface area contributed by atoms with E-state index in [-0.39, 0.29) is 0 Å². The van der Waals surface area contributed by atoms with Gasteiger partial charge in [0.2, 0.25) is 0 Å². The lowest BCUT2D eigenvalue weighted by molar-refractivity contribution is -0.872. The molecule has 0 spiro atoms. The van der Waals surface area contributed by atoms with Crippen LogP contribution in [-0.4, -0.2) is 19.2 Å². The molecule has 0 bridgehead atoms. The maximum absolute atomic E-state index is 6.13. The molecule has 0 fully saturated rings. The molecule has 23 heavy (non-hydrogen) atoms. The molecule has 0 radical (unpaired) electrons. The molecule has 0 atom stereocenters. The second-order valence-corrected chi connectivity index (χ2v) is 6.69. The molecular formula is C18H23ClN3S+. The standard InChI is InChI=1S/C18H22ClN3S/c1-13-16(19)9-6-10-17(13)21-18(23)20-11-14-7-4-5-8-15(14)12-22(2)3/h4-10H,11-12H2,1-3H3,(H2,20,21,23)/p+1. The molecule has 0 heterocycles. The second-order valence-electron chi connectivity index (χ2n) is 5.87. The van der Waals surface area contributed by atoms with Crippen molar-refractivity contribution < 1.29 is 4.90 Å². The first-order valence-electron chi connectivity index (χ1n) is 7.63. The summed E-state index contributed by atoms with van der Waals surface area (Å²) in [4.78, 5) is 1.40. The van der Waals surface area contributed by atoms with Gasteiger partial charge < -0.3 is 15.5 Å². The van der Waals surface area contributed by atoms with Crippen LogP contribution in [0, 0.1) is 6.92 Å². The summed E-state index contributed by atoms with van der Waals surface area (Å²) in [6, 6.07) is 14.2. The van der Waals surface area contributed by atoms with Crippen molar-refractivity contribution in [1.29, 1.82) is 0 Å². The second kappa shape index (κ2) is 8.29. The van der Waals surface area contributed by atoms with E-state index in [1.807, 2.05) is 25.1 Å². The van der Waals surface area contributed by atoms with E-state index in [0.717, 1.165) is 22.8 Å². The SMILES string of the molecule is Cc1c(Cl)cccc1NC(=S)NCc1ccccc1C[NH+](C)C. The van der Waals surface area contributed by atoms with Gasteiger partial charge in [-0.3, -0.25) is 0 Å². The minimum atomic E-state index is 0.599. The van der Waals surface area contributed by atoms with Crippen molar-refractivity contribution in [1.82, 2.24) is 5.32 Å². The van der Waals surface area contributed by atoms with Crippen molar-refractivity contribution in [3.05, 3.63) is 64.2 Å². The van der Waals surface area contributed by atoms with Crippen molar-refractivity contribution in [2.75, 3.05) is 19.4 Å². The van der Waals surface area contributed by atoms with Crippen molar-refractivity contribution in [3.63, 3.8) is 0 Å². The lowest BCUT2D eigenvalue weighted by Crippen LogP contribution is -3.04. The molecule has 2 rings (SSSR count). The zero-order valence-electron chi connectivity index (χ0n) is 13.7. The van der Waals surface area contributed by atoms with Crippen LogP contribution in [0.15, 0.2) is 42.5 Å². The number of nitrogens with one attached hydrogen (secondary N) is 3. The Morgan fingerprint density at radius 1 is 1.09 bits per heavy atom. The fraction of sp³-hybridized carbons (Fsp3) is 0.278. The molecule has 3 nitrogen and oxygen atoms in total. The van der Waals surface area contributed by atoms with Crippen molar-refractivity contribution in [2.24, 2.45) is 0 Å². The van der Waals surface area contributed by atoms with E-state index in [4.69, 9.17) is 23.8 Å². The van der Waals surface area contributed by atoms with Gasteiger partial charge in [0.1, 0.15) is 6.54 Å². The number of halogens is 1. The number of quaternary nitrogens is 1. The van der Waals surface area contributed by atoms with E-state index in [0.29, 0.717) is 11.7 Å². The lowest BCUT2D eigenvalue weighted by Gasteiger charge is -2.15. The van der Waals surface area contributed by atoms with E-state index in [9.17, 15) is 0 Å². The van der Waals surface area contributed by atoms with Crippen LogP contribution in [0.4, 0.5) is 5.69 Å². The molecule has 3 N–H and O–H groups in total. The first-order valence-corrected chi connectivity index (χ1v) is 8.41. The van der Waals surface area contributed by atoms with Crippen LogP contribution in [0.1, 0.15) is 16.7 Å². The largest absolute Gasteiger partial charge is 0.358 e. The molecule has 5 heteroatoms. The van der Waals surface area contributed by atoms with Crippen LogP contribution in [0.5, 0.6) is 0 Å². The minimum absolute atomic E-state index is 0.599. The Labute approximate surface area is 148 Å². The number of benzene rings is 2. The summed E-state index contributed by atoms with van der Waals surface area (Å²) in [5.74, 6) is 0. The maximum Gasteiger partial charge on any atom is 0.171 e. The Morgan fingerprint density at radius 2 is 1.78 bits per heavy atom. The van der Waals surface area contributed by atoms with Gasteiger partial charge in [-0.05, 0) is 42.4 Å². The highest BCUT2D eigenvalue weighted by atomic mass is 35.5. The van der Waals surface area contributed by atoms with Gasteiger partial charge in [0.05, 0.1) is 14.1 Å². The summed E-state index contributed by atoms with van der Waals surface area (Å²) in [5, 5.41) is 7.82.